The summed E-state index contributed by atoms with van der Waals surface area (Å²) in [5, 5.41) is 0. The van der Waals surface area contributed by atoms with E-state index in [1.807, 2.05) is 6.08 Å². The molecule has 0 atom stereocenters. The molecule has 2 aliphatic rings. The number of fused-ring (bicyclic) bond motifs is 2. The van der Waals surface area contributed by atoms with Gasteiger partial charge in [-0.1, -0.05) is 151 Å². The zero-order valence-corrected chi connectivity index (χ0v) is 23.2. The Labute approximate surface area is 223 Å². The lowest BCUT2D eigenvalue weighted by atomic mass is 9.70. The number of aryl methyl sites for hydroxylation is 2. The molecule has 3 aromatic carbocycles. The maximum Gasteiger partial charge on any atom is 0.104 e. The molecule has 0 heterocycles. The summed E-state index contributed by atoms with van der Waals surface area (Å²) >= 11 is 0. The number of benzene rings is 3. The first-order chi connectivity index (χ1) is 17.6. The molecule has 0 spiro atoms. The first kappa shape index (κ1) is 24.8. The van der Waals surface area contributed by atoms with E-state index in [0.717, 1.165) is 17.1 Å². The maximum atomic E-state index is 3.96. The average molecular weight is 481 g/mol. The summed E-state index contributed by atoms with van der Waals surface area (Å²) < 4.78 is 0. The van der Waals surface area contributed by atoms with Gasteiger partial charge in [-0.3, -0.25) is 0 Å². The van der Waals surface area contributed by atoms with Gasteiger partial charge in [0.1, 0.15) is 5.57 Å². The topological polar surface area (TPSA) is 0 Å². The van der Waals surface area contributed by atoms with Crippen LogP contribution in [0.5, 0.6) is 0 Å². The monoisotopic (exact) mass is 480 g/mol. The van der Waals surface area contributed by atoms with Crippen LogP contribution >= 0.6 is 0 Å². The van der Waals surface area contributed by atoms with E-state index in [1.54, 1.807) is 0 Å². The van der Waals surface area contributed by atoms with E-state index >= 15 is 0 Å². The van der Waals surface area contributed by atoms with Crippen molar-refractivity contribution < 1.29 is 0 Å². The van der Waals surface area contributed by atoms with Gasteiger partial charge in [-0.15, -0.1) is 0 Å². The fourth-order valence-corrected chi connectivity index (χ4v) is 5.76. The van der Waals surface area contributed by atoms with E-state index < -0.39 is 0 Å². The van der Waals surface area contributed by atoms with Gasteiger partial charge in [0, 0.05) is 29.4 Å². The predicted molar refractivity (Wildman–Crippen MR) is 159 cm³/mol. The highest BCUT2D eigenvalue weighted by Gasteiger charge is 2.27. The zero-order chi connectivity index (χ0) is 26.5. The number of hydrogen-bond donors (Lipinski definition) is 0. The number of rotatable bonds is 2. The van der Waals surface area contributed by atoms with E-state index in [0.29, 0.717) is 0 Å². The van der Waals surface area contributed by atoms with Crippen molar-refractivity contribution in [1.29, 1.82) is 0 Å². The molecule has 0 amide bonds. The van der Waals surface area contributed by atoms with Crippen LogP contribution in [0.15, 0.2) is 108 Å². The molecule has 0 saturated carbocycles. The second-order valence-electron chi connectivity index (χ2n) is 11.4. The predicted octanol–water partition coefficient (Wildman–Crippen LogP) is 9.56. The van der Waals surface area contributed by atoms with Crippen LogP contribution in [0.2, 0.25) is 0 Å². The molecule has 184 valence electrons. The van der Waals surface area contributed by atoms with Crippen LogP contribution < -0.4 is 0 Å². The SMILES string of the molecule is C=C[C+]1C=C(C)C(=C=C2c3ccccc3[C-](c3c(C)cc(C(C)(C)C)cc3C)c3ccccc32)C(C)=C1. The zero-order valence-electron chi connectivity index (χ0n) is 23.2. The smallest absolute Gasteiger partial charge is 0.0993 e. The Hall–Kier alpha value is -3.86. The Morgan fingerprint density at radius 1 is 0.757 bits per heavy atom. The minimum absolute atomic E-state index is 0.114. The van der Waals surface area contributed by atoms with Crippen molar-refractivity contribution in [2.75, 3.05) is 0 Å². The third kappa shape index (κ3) is 4.33. The van der Waals surface area contributed by atoms with Crippen LogP contribution in [0, 0.1) is 25.7 Å². The fraction of sp³-hybridized carbons (Fsp3) is 0.216. The minimum Gasteiger partial charge on any atom is -0.0993 e. The summed E-state index contributed by atoms with van der Waals surface area (Å²) in [7, 11) is 0. The molecular formula is C37H36. The molecule has 0 aromatic heterocycles. The Morgan fingerprint density at radius 3 is 1.70 bits per heavy atom. The van der Waals surface area contributed by atoms with E-state index in [2.05, 4.69) is 134 Å². The largest absolute Gasteiger partial charge is 0.104 e. The van der Waals surface area contributed by atoms with E-state index in [9.17, 15) is 0 Å². The average Bonchev–Trinajstić information content (AvgIpc) is 2.85. The lowest BCUT2D eigenvalue weighted by Gasteiger charge is -2.38. The van der Waals surface area contributed by atoms with Gasteiger partial charge in [0.05, 0.1) is 5.92 Å². The standard InChI is InChI=1S/C37H36/c1-9-27-18-23(2)33(24(3)19-27)22-34-29-14-10-12-16-31(29)36(32-17-13-11-15-30(32)34)35-25(4)20-28(21-26(35)5)37(6,7)8/h9-21H,1H2,2-8H3. The second-order valence-corrected chi connectivity index (χ2v) is 11.4. The third-order valence-corrected chi connectivity index (χ3v) is 7.62. The van der Waals surface area contributed by atoms with E-state index in [4.69, 9.17) is 0 Å². The van der Waals surface area contributed by atoms with Gasteiger partial charge in [-0.05, 0) is 31.4 Å². The molecule has 0 fully saturated rings. The van der Waals surface area contributed by atoms with Crippen molar-refractivity contribution in [2.24, 2.45) is 0 Å². The van der Waals surface area contributed by atoms with Gasteiger partial charge >= 0.3 is 0 Å². The van der Waals surface area contributed by atoms with Gasteiger partial charge < -0.3 is 0 Å². The molecule has 0 radical (unpaired) electrons. The highest BCUT2D eigenvalue weighted by molar-refractivity contribution is 5.91. The van der Waals surface area contributed by atoms with Gasteiger partial charge in [0.2, 0.25) is 0 Å². The molecule has 0 aliphatic heterocycles. The molecule has 2 aliphatic carbocycles. The molecule has 0 nitrogen and oxygen atoms in total. The van der Waals surface area contributed by atoms with Crippen molar-refractivity contribution >= 4 is 5.57 Å². The highest BCUT2D eigenvalue weighted by atomic mass is 14.3. The van der Waals surface area contributed by atoms with Crippen molar-refractivity contribution in [1.82, 2.24) is 0 Å². The Bertz CT molecular complexity index is 1440. The second kappa shape index (κ2) is 9.22. The first-order valence-electron chi connectivity index (χ1n) is 13.2. The van der Waals surface area contributed by atoms with Crippen molar-refractivity contribution in [3.8, 4) is 0 Å². The summed E-state index contributed by atoms with van der Waals surface area (Å²) in [6.45, 7) is 19.7. The van der Waals surface area contributed by atoms with Gasteiger partial charge in [-0.25, -0.2) is 0 Å². The lowest BCUT2D eigenvalue weighted by Crippen LogP contribution is -2.19. The molecule has 3 aromatic rings. The fourth-order valence-electron chi connectivity index (χ4n) is 5.76. The lowest BCUT2D eigenvalue weighted by molar-refractivity contribution is 0.589. The Balaban J connectivity index is 1.80. The molecule has 0 bridgehead atoms. The summed E-state index contributed by atoms with van der Waals surface area (Å²) in [6, 6.07) is 22.4. The van der Waals surface area contributed by atoms with Crippen LogP contribution in [0.25, 0.3) is 5.57 Å². The van der Waals surface area contributed by atoms with Gasteiger partial charge in [0.15, 0.2) is 0 Å². The number of hydrogen-bond acceptors (Lipinski definition) is 0. The highest BCUT2D eigenvalue weighted by Crippen LogP contribution is 2.47. The molecule has 0 heteroatoms. The summed E-state index contributed by atoms with van der Waals surface area (Å²) in [5.41, 5.74) is 19.2. The van der Waals surface area contributed by atoms with Gasteiger partial charge in [0.25, 0.3) is 0 Å². The Kier molecular flexibility index (Phi) is 6.18. The first-order valence-corrected chi connectivity index (χ1v) is 13.2. The molecular weight excluding hydrogens is 444 g/mol. The van der Waals surface area contributed by atoms with Crippen LogP contribution in [0.3, 0.4) is 0 Å². The molecule has 37 heavy (non-hydrogen) atoms. The van der Waals surface area contributed by atoms with E-state index in [1.165, 1.54) is 61.6 Å². The van der Waals surface area contributed by atoms with Crippen LogP contribution in [0.1, 0.15) is 79.1 Å². The minimum atomic E-state index is 0.114. The third-order valence-electron chi connectivity index (χ3n) is 7.62. The van der Waals surface area contributed by atoms with Gasteiger partial charge in [-0.2, -0.15) is 0 Å². The summed E-state index contributed by atoms with van der Waals surface area (Å²) in [5.74, 6) is 2.47. The van der Waals surface area contributed by atoms with Crippen LogP contribution in [-0.2, 0) is 5.41 Å². The molecule has 0 unspecified atom stereocenters. The van der Waals surface area contributed by atoms with Crippen molar-refractivity contribution in [3.63, 3.8) is 0 Å². The van der Waals surface area contributed by atoms with Crippen molar-refractivity contribution in [3.05, 3.63) is 164 Å². The Morgan fingerprint density at radius 2 is 1.24 bits per heavy atom. The summed E-state index contributed by atoms with van der Waals surface area (Å²) in [6.07, 6.45) is 6.31. The normalized spacial score (nSPS) is 15.0. The number of allylic oxidation sites excluding steroid dienone is 6. The molecule has 0 saturated heterocycles. The quantitative estimate of drug-likeness (QED) is 0.198. The maximum absolute atomic E-state index is 3.96. The van der Waals surface area contributed by atoms with Crippen LogP contribution in [-0.4, -0.2) is 0 Å². The van der Waals surface area contributed by atoms with Crippen molar-refractivity contribution in [2.45, 2.75) is 53.9 Å². The van der Waals surface area contributed by atoms with E-state index in [-0.39, 0.29) is 5.41 Å². The van der Waals surface area contributed by atoms with Crippen LogP contribution in [0.4, 0.5) is 0 Å². The molecule has 5 rings (SSSR count). The molecule has 0 N–H and O–H groups in total. The summed E-state index contributed by atoms with van der Waals surface area (Å²) in [4.78, 5) is 0.